The number of fused-ring (bicyclic) bond motifs is 2. The van der Waals surface area contributed by atoms with Crippen molar-refractivity contribution in [2.45, 2.75) is 44.6 Å². The molecule has 5 aromatic rings. The van der Waals surface area contributed by atoms with Gasteiger partial charge < -0.3 is 15.0 Å². The molecule has 0 radical (unpaired) electrons. The van der Waals surface area contributed by atoms with Crippen molar-refractivity contribution in [1.29, 1.82) is 0 Å². The number of aromatic nitrogens is 6. The zero-order valence-corrected chi connectivity index (χ0v) is 19.7. The van der Waals surface area contributed by atoms with Crippen molar-refractivity contribution in [3.8, 4) is 22.8 Å². The Balaban J connectivity index is 1.24. The number of hydrogen-bond acceptors (Lipinski definition) is 6. The van der Waals surface area contributed by atoms with Gasteiger partial charge in [-0.05, 0) is 70.0 Å². The zero-order chi connectivity index (χ0) is 23.4. The second-order valence-corrected chi connectivity index (χ2v) is 9.68. The molecule has 2 aliphatic rings. The summed E-state index contributed by atoms with van der Waals surface area (Å²) in [6.45, 7) is 4.03. The van der Waals surface area contributed by atoms with E-state index in [1.807, 2.05) is 49.5 Å². The number of ether oxygens (including phenoxy) is 1. The first-order valence-corrected chi connectivity index (χ1v) is 12.4. The molecule has 2 N–H and O–H groups in total. The number of nitrogens with one attached hydrogen (secondary N) is 2. The summed E-state index contributed by atoms with van der Waals surface area (Å²) in [7, 11) is 0. The van der Waals surface area contributed by atoms with E-state index in [4.69, 9.17) is 19.8 Å². The lowest BCUT2D eigenvalue weighted by Gasteiger charge is -2.22. The number of benzene rings is 2. The van der Waals surface area contributed by atoms with Gasteiger partial charge in [0.15, 0.2) is 0 Å². The number of hydrogen-bond donors (Lipinski definition) is 2. The van der Waals surface area contributed by atoms with Crippen LogP contribution in [0.3, 0.4) is 0 Å². The molecule has 0 spiro atoms. The maximum absolute atomic E-state index is 6.18. The van der Waals surface area contributed by atoms with E-state index in [9.17, 15) is 0 Å². The molecule has 35 heavy (non-hydrogen) atoms. The summed E-state index contributed by atoms with van der Waals surface area (Å²) in [6.07, 6.45) is 8.65. The van der Waals surface area contributed by atoms with E-state index in [1.165, 1.54) is 12.8 Å². The van der Waals surface area contributed by atoms with Gasteiger partial charge >= 0.3 is 0 Å². The molecule has 2 aromatic carbocycles. The molecule has 1 aliphatic heterocycles. The molecule has 0 bridgehead atoms. The Morgan fingerprint density at radius 1 is 0.886 bits per heavy atom. The van der Waals surface area contributed by atoms with Crippen molar-refractivity contribution in [3.05, 3.63) is 60.3 Å². The topological polar surface area (TPSA) is 93.5 Å². The van der Waals surface area contributed by atoms with Crippen molar-refractivity contribution in [1.82, 2.24) is 35.0 Å². The third kappa shape index (κ3) is 3.93. The molecule has 0 atom stereocenters. The Labute approximate surface area is 202 Å². The maximum atomic E-state index is 6.18. The summed E-state index contributed by atoms with van der Waals surface area (Å²) >= 11 is 0. The fraction of sp³-hybridized carbons (Fsp3) is 0.333. The van der Waals surface area contributed by atoms with Crippen molar-refractivity contribution < 1.29 is 4.74 Å². The first-order chi connectivity index (χ1) is 17.2. The Morgan fingerprint density at radius 3 is 2.51 bits per heavy atom. The van der Waals surface area contributed by atoms with Crippen LogP contribution < -0.4 is 10.1 Å². The van der Waals surface area contributed by atoms with Gasteiger partial charge in [0.1, 0.15) is 17.3 Å². The summed E-state index contributed by atoms with van der Waals surface area (Å²) in [6, 6.07) is 12.3. The van der Waals surface area contributed by atoms with Gasteiger partial charge in [-0.2, -0.15) is 5.10 Å². The smallest absolute Gasteiger partial charge is 0.129 e. The minimum atomic E-state index is 0.443. The molecule has 7 rings (SSSR count). The van der Waals surface area contributed by atoms with Gasteiger partial charge in [0.05, 0.1) is 45.7 Å². The van der Waals surface area contributed by atoms with E-state index >= 15 is 0 Å². The summed E-state index contributed by atoms with van der Waals surface area (Å²) in [4.78, 5) is 17.9. The summed E-state index contributed by atoms with van der Waals surface area (Å²) in [5.74, 6) is 2.87. The highest BCUT2D eigenvalue weighted by Crippen LogP contribution is 2.43. The molecule has 0 unspecified atom stereocenters. The third-order valence-electron chi connectivity index (χ3n) is 6.99. The van der Waals surface area contributed by atoms with Gasteiger partial charge in [-0.1, -0.05) is 0 Å². The number of piperidine rings is 1. The van der Waals surface area contributed by atoms with E-state index in [-0.39, 0.29) is 0 Å². The van der Waals surface area contributed by atoms with E-state index in [2.05, 4.69) is 26.2 Å². The van der Waals surface area contributed by atoms with Crippen LogP contribution in [-0.2, 0) is 0 Å². The predicted molar refractivity (Wildman–Crippen MR) is 135 cm³/mol. The third-order valence-corrected chi connectivity index (χ3v) is 6.99. The molecule has 1 saturated heterocycles. The van der Waals surface area contributed by atoms with Gasteiger partial charge in [-0.25, -0.2) is 15.0 Å². The zero-order valence-electron chi connectivity index (χ0n) is 19.7. The average Bonchev–Trinajstić information content (AvgIpc) is 3.48. The lowest BCUT2D eigenvalue weighted by Crippen LogP contribution is -2.29. The van der Waals surface area contributed by atoms with Crippen LogP contribution in [-0.4, -0.2) is 42.8 Å². The molecule has 2 fully saturated rings. The van der Waals surface area contributed by atoms with Gasteiger partial charge in [0.25, 0.3) is 0 Å². The number of rotatable bonds is 5. The fourth-order valence-corrected chi connectivity index (χ4v) is 5.01. The number of nitrogens with zero attached hydrogens (tertiary/aromatic N) is 5. The Bertz CT molecular complexity index is 1540. The molecule has 3 aromatic heterocycles. The average molecular weight is 466 g/mol. The first kappa shape index (κ1) is 20.6. The van der Waals surface area contributed by atoms with Crippen molar-refractivity contribution >= 4 is 22.1 Å². The maximum Gasteiger partial charge on any atom is 0.129 e. The van der Waals surface area contributed by atoms with Crippen molar-refractivity contribution in [2.75, 3.05) is 13.1 Å². The van der Waals surface area contributed by atoms with Crippen molar-refractivity contribution in [2.24, 2.45) is 0 Å². The molecule has 1 aliphatic carbocycles. The first-order valence-electron chi connectivity index (χ1n) is 12.4. The van der Waals surface area contributed by atoms with E-state index < -0.39 is 0 Å². The van der Waals surface area contributed by atoms with Gasteiger partial charge in [0, 0.05) is 29.8 Å². The molecule has 1 saturated carbocycles. The highest BCUT2D eigenvalue weighted by atomic mass is 16.5. The molecule has 176 valence electrons. The highest BCUT2D eigenvalue weighted by molar-refractivity contribution is 5.80. The summed E-state index contributed by atoms with van der Waals surface area (Å²) in [5, 5.41) is 8.13. The van der Waals surface area contributed by atoms with Crippen LogP contribution in [0, 0.1) is 6.92 Å². The van der Waals surface area contributed by atoms with Crippen LogP contribution in [0.15, 0.2) is 48.8 Å². The Hall–Kier alpha value is -3.78. The van der Waals surface area contributed by atoms with Crippen LogP contribution in [0.1, 0.15) is 49.2 Å². The summed E-state index contributed by atoms with van der Waals surface area (Å²) < 4.78 is 8.30. The minimum absolute atomic E-state index is 0.443. The standard InChI is InChI=1S/C27H27N7O/c1-16-30-22-6-4-20(12-24(22)31-16)35-21-5-7-23-25(13-21)33-27(26(32-23)17-2-3-17)18-14-29-34(15-18)19-8-10-28-11-9-19/h4-7,12-15,17,19,28H,2-3,8-11H2,1H3,(H,30,31). The molecular formula is C27H27N7O. The predicted octanol–water partition coefficient (Wildman–Crippen LogP) is 5.27. The number of aromatic amines is 1. The Morgan fingerprint density at radius 2 is 1.69 bits per heavy atom. The largest absolute Gasteiger partial charge is 0.457 e. The van der Waals surface area contributed by atoms with E-state index in [1.54, 1.807) is 0 Å². The normalized spacial score (nSPS) is 16.8. The lowest BCUT2D eigenvalue weighted by atomic mass is 10.1. The second-order valence-electron chi connectivity index (χ2n) is 9.68. The fourth-order valence-electron chi connectivity index (χ4n) is 5.01. The summed E-state index contributed by atoms with van der Waals surface area (Å²) in [5.41, 5.74) is 6.71. The van der Waals surface area contributed by atoms with Gasteiger partial charge in [0.2, 0.25) is 0 Å². The highest BCUT2D eigenvalue weighted by Gasteiger charge is 2.30. The minimum Gasteiger partial charge on any atom is -0.457 e. The van der Waals surface area contributed by atoms with E-state index in [0.29, 0.717) is 12.0 Å². The monoisotopic (exact) mass is 465 g/mol. The van der Waals surface area contributed by atoms with E-state index in [0.717, 1.165) is 82.3 Å². The molecule has 0 amide bonds. The molecule has 8 heteroatoms. The number of aryl methyl sites for hydroxylation is 1. The molecule has 4 heterocycles. The number of imidazole rings is 1. The lowest BCUT2D eigenvalue weighted by molar-refractivity contribution is 0.343. The van der Waals surface area contributed by atoms with Crippen LogP contribution in [0.25, 0.3) is 33.3 Å². The van der Waals surface area contributed by atoms with Crippen LogP contribution in [0.4, 0.5) is 0 Å². The number of H-pyrrole nitrogens is 1. The molecular weight excluding hydrogens is 438 g/mol. The van der Waals surface area contributed by atoms with Crippen LogP contribution in [0.2, 0.25) is 0 Å². The van der Waals surface area contributed by atoms with Gasteiger partial charge in [-0.15, -0.1) is 0 Å². The SMILES string of the molecule is Cc1nc2ccc(Oc3ccc4nc(C5CC5)c(-c5cnn(C6CCNCC6)c5)nc4c3)cc2[nH]1. The van der Waals surface area contributed by atoms with Gasteiger partial charge in [-0.3, -0.25) is 4.68 Å². The quantitative estimate of drug-likeness (QED) is 0.367. The van der Waals surface area contributed by atoms with Crippen molar-refractivity contribution in [3.63, 3.8) is 0 Å². The Kier molecular flexibility index (Phi) is 4.80. The molecule has 8 nitrogen and oxygen atoms in total. The second kappa shape index (κ2) is 8.16. The van der Waals surface area contributed by atoms with Crippen LogP contribution >= 0.6 is 0 Å². The van der Waals surface area contributed by atoms with Crippen LogP contribution in [0.5, 0.6) is 11.5 Å².